The van der Waals surface area contributed by atoms with Gasteiger partial charge in [-0.05, 0) is 60.9 Å². The maximum Gasteiger partial charge on any atom is 0.0414 e. The highest BCUT2D eigenvalue weighted by atomic mass is 14.8. The lowest BCUT2D eigenvalue weighted by atomic mass is 9.81. The van der Waals surface area contributed by atoms with Gasteiger partial charge in [-0.15, -0.1) is 0 Å². The lowest BCUT2D eigenvalue weighted by molar-refractivity contribution is 0.443. The molecule has 1 aliphatic carbocycles. The van der Waals surface area contributed by atoms with Crippen LogP contribution < -0.4 is 5.32 Å². The second-order valence-electron chi connectivity index (χ2n) is 7.57. The molecule has 2 aromatic rings. The molecule has 2 aromatic carbocycles. The molecule has 0 amide bonds. The summed E-state index contributed by atoms with van der Waals surface area (Å²) in [6.07, 6.45) is 11.2. The van der Waals surface area contributed by atoms with Crippen molar-refractivity contribution in [3.63, 3.8) is 0 Å². The molecule has 0 radical (unpaired) electrons. The van der Waals surface area contributed by atoms with Crippen LogP contribution in [0.15, 0.2) is 49.1 Å². The molecule has 0 unspecified atom stereocenters. The number of hydrogen-bond acceptors (Lipinski definition) is 1. The second kappa shape index (κ2) is 8.40. The van der Waals surface area contributed by atoms with E-state index in [0.29, 0.717) is 5.92 Å². The van der Waals surface area contributed by atoms with Crippen molar-refractivity contribution in [1.82, 2.24) is 0 Å². The molecule has 1 fully saturated rings. The maximum atomic E-state index is 4.33. The van der Waals surface area contributed by atoms with Crippen LogP contribution in [0.25, 0.3) is 11.6 Å². The molecule has 0 heterocycles. The molecule has 1 aliphatic rings. The molecule has 1 saturated carbocycles. The monoisotopic (exact) mass is 345 g/mol. The lowest BCUT2D eigenvalue weighted by Crippen LogP contribution is -2.07. The summed E-state index contributed by atoms with van der Waals surface area (Å²) in [5.41, 5.74) is 8.89. The number of nitrogens with one attached hydrogen (secondary N) is 1. The topological polar surface area (TPSA) is 12.0 Å². The molecule has 1 nitrogen and oxygen atoms in total. The first-order valence-electron chi connectivity index (χ1n) is 9.85. The second-order valence-corrected chi connectivity index (χ2v) is 7.57. The van der Waals surface area contributed by atoms with Gasteiger partial charge in [-0.2, -0.15) is 0 Å². The highest BCUT2D eigenvalue weighted by molar-refractivity contribution is 5.82. The molecule has 1 heteroatoms. The molecular weight excluding hydrogens is 314 g/mol. The highest BCUT2D eigenvalue weighted by Gasteiger charge is 2.19. The number of rotatable bonds is 5. The Labute approximate surface area is 158 Å². The minimum atomic E-state index is 0.686. The van der Waals surface area contributed by atoms with Crippen LogP contribution >= 0.6 is 0 Å². The number of anilines is 1. The summed E-state index contributed by atoms with van der Waals surface area (Å²) in [6, 6.07) is 13.2. The van der Waals surface area contributed by atoms with Gasteiger partial charge >= 0.3 is 0 Å². The van der Waals surface area contributed by atoms with Gasteiger partial charge in [-0.3, -0.25) is 0 Å². The average Bonchev–Trinajstić information content (AvgIpc) is 2.68. The Bertz CT molecular complexity index is 807. The zero-order valence-corrected chi connectivity index (χ0v) is 16.4. The van der Waals surface area contributed by atoms with Crippen LogP contribution in [0.5, 0.6) is 0 Å². The first-order chi connectivity index (χ1) is 12.6. The van der Waals surface area contributed by atoms with E-state index in [4.69, 9.17) is 0 Å². The highest BCUT2D eigenvalue weighted by Crippen LogP contribution is 2.37. The Balaban J connectivity index is 1.93. The smallest absolute Gasteiger partial charge is 0.0414 e. The fourth-order valence-electron chi connectivity index (χ4n) is 4.11. The SMILES string of the molecule is C=C(/C=C\c1c(NC)cccc1C1CCCCC1)c1cc(C)ccc1C. The summed E-state index contributed by atoms with van der Waals surface area (Å²) in [4.78, 5) is 0. The van der Waals surface area contributed by atoms with Gasteiger partial charge in [0, 0.05) is 18.3 Å². The average molecular weight is 346 g/mol. The molecule has 0 aliphatic heterocycles. The first-order valence-corrected chi connectivity index (χ1v) is 9.85. The Kier molecular flexibility index (Phi) is 5.98. The molecular formula is C25H31N. The zero-order chi connectivity index (χ0) is 18.5. The van der Waals surface area contributed by atoms with Crippen LogP contribution in [-0.4, -0.2) is 7.05 Å². The van der Waals surface area contributed by atoms with Crippen molar-refractivity contribution in [1.29, 1.82) is 0 Å². The predicted octanol–water partition coefficient (Wildman–Crippen LogP) is 7.12. The maximum absolute atomic E-state index is 4.33. The van der Waals surface area contributed by atoms with E-state index in [-0.39, 0.29) is 0 Å². The number of aryl methyl sites for hydroxylation is 2. The van der Waals surface area contributed by atoms with Gasteiger partial charge in [-0.25, -0.2) is 0 Å². The van der Waals surface area contributed by atoms with Crippen LogP contribution in [0, 0.1) is 13.8 Å². The van der Waals surface area contributed by atoms with Crippen LogP contribution in [0.2, 0.25) is 0 Å². The van der Waals surface area contributed by atoms with Crippen molar-refractivity contribution < 1.29 is 0 Å². The lowest BCUT2D eigenvalue weighted by Gasteiger charge is -2.25. The molecule has 0 bridgehead atoms. The van der Waals surface area contributed by atoms with Gasteiger partial charge < -0.3 is 5.32 Å². The Morgan fingerprint density at radius 2 is 1.85 bits per heavy atom. The van der Waals surface area contributed by atoms with Gasteiger partial charge in [0.25, 0.3) is 0 Å². The summed E-state index contributed by atoms with van der Waals surface area (Å²) >= 11 is 0. The normalized spacial score (nSPS) is 15.3. The van der Waals surface area contributed by atoms with E-state index >= 15 is 0 Å². The van der Waals surface area contributed by atoms with E-state index in [0.717, 1.165) is 5.57 Å². The van der Waals surface area contributed by atoms with Crippen molar-refractivity contribution in [3.05, 3.63) is 76.9 Å². The van der Waals surface area contributed by atoms with Crippen LogP contribution in [0.3, 0.4) is 0 Å². The molecule has 1 N–H and O–H groups in total. The summed E-state index contributed by atoms with van der Waals surface area (Å²) in [6.45, 7) is 8.62. The van der Waals surface area contributed by atoms with E-state index in [1.807, 2.05) is 7.05 Å². The van der Waals surface area contributed by atoms with Crippen molar-refractivity contribution >= 4 is 17.3 Å². The largest absolute Gasteiger partial charge is 0.388 e. The molecule has 136 valence electrons. The van der Waals surface area contributed by atoms with Crippen molar-refractivity contribution in [3.8, 4) is 0 Å². The van der Waals surface area contributed by atoms with E-state index in [2.05, 4.69) is 74.3 Å². The van der Waals surface area contributed by atoms with Gasteiger partial charge in [-0.1, -0.05) is 73.9 Å². The summed E-state index contributed by atoms with van der Waals surface area (Å²) in [5.74, 6) is 0.686. The third kappa shape index (κ3) is 4.09. The van der Waals surface area contributed by atoms with Gasteiger partial charge in [0.1, 0.15) is 0 Å². The minimum Gasteiger partial charge on any atom is -0.388 e. The number of hydrogen-bond donors (Lipinski definition) is 1. The third-order valence-electron chi connectivity index (χ3n) is 5.64. The minimum absolute atomic E-state index is 0.686. The summed E-state index contributed by atoms with van der Waals surface area (Å²) in [7, 11) is 2.01. The number of allylic oxidation sites excluding steroid dienone is 2. The standard InChI is InChI=1S/C25H31N/c1-18-13-14-19(2)24(17-18)20(3)15-16-23-22(11-8-12-25(23)26-4)21-9-6-5-7-10-21/h8,11-17,21,26H,3,5-7,9-10H2,1-2,4H3/b16-15-. The summed E-state index contributed by atoms with van der Waals surface area (Å²) in [5, 5.41) is 3.38. The molecule has 0 atom stereocenters. The Morgan fingerprint density at radius 1 is 1.08 bits per heavy atom. The van der Waals surface area contributed by atoms with Gasteiger partial charge in [0.2, 0.25) is 0 Å². The molecule has 3 rings (SSSR count). The van der Waals surface area contributed by atoms with Gasteiger partial charge in [0.05, 0.1) is 0 Å². The van der Waals surface area contributed by atoms with Crippen molar-refractivity contribution in [2.24, 2.45) is 0 Å². The van der Waals surface area contributed by atoms with Crippen molar-refractivity contribution in [2.45, 2.75) is 51.9 Å². The van der Waals surface area contributed by atoms with Crippen LogP contribution in [-0.2, 0) is 0 Å². The van der Waals surface area contributed by atoms with Gasteiger partial charge in [0.15, 0.2) is 0 Å². The first kappa shape index (κ1) is 18.5. The molecule has 0 saturated heterocycles. The number of benzene rings is 2. The van der Waals surface area contributed by atoms with E-state index in [1.54, 1.807) is 0 Å². The van der Waals surface area contributed by atoms with Crippen LogP contribution in [0.4, 0.5) is 5.69 Å². The fraction of sp³-hybridized carbons (Fsp3) is 0.360. The quantitative estimate of drug-likeness (QED) is 0.569. The zero-order valence-electron chi connectivity index (χ0n) is 16.4. The van der Waals surface area contributed by atoms with E-state index in [9.17, 15) is 0 Å². The molecule has 0 spiro atoms. The molecule has 26 heavy (non-hydrogen) atoms. The summed E-state index contributed by atoms with van der Waals surface area (Å²) < 4.78 is 0. The van der Waals surface area contributed by atoms with Crippen molar-refractivity contribution in [2.75, 3.05) is 12.4 Å². The van der Waals surface area contributed by atoms with Crippen LogP contribution in [0.1, 0.15) is 65.8 Å². The third-order valence-corrected chi connectivity index (χ3v) is 5.64. The predicted molar refractivity (Wildman–Crippen MR) is 116 cm³/mol. The molecule has 0 aromatic heterocycles. The van der Waals surface area contributed by atoms with E-state index in [1.165, 1.54) is 65.6 Å². The van der Waals surface area contributed by atoms with E-state index < -0.39 is 0 Å². The Morgan fingerprint density at radius 3 is 2.58 bits per heavy atom. The Hall–Kier alpha value is -2.28. The fourth-order valence-corrected chi connectivity index (χ4v) is 4.11.